The van der Waals surface area contributed by atoms with Crippen LogP contribution in [0, 0.1) is 5.82 Å². The lowest BCUT2D eigenvalue weighted by atomic mass is 10.2. The maximum Gasteiger partial charge on any atom is 0.325 e. The molecule has 0 atom stereocenters. The minimum absolute atomic E-state index is 0.0569. The van der Waals surface area contributed by atoms with Crippen molar-refractivity contribution in [2.75, 3.05) is 31.6 Å². The molecule has 2 amide bonds. The molecule has 2 N–H and O–H groups in total. The summed E-state index contributed by atoms with van der Waals surface area (Å²) in [6, 6.07) is 10.5. The molecule has 0 heterocycles. The van der Waals surface area contributed by atoms with Crippen molar-refractivity contribution in [2.45, 2.75) is 18.7 Å². The average Bonchev–Trinajstić information content (AvgIpc) is 2.76. The van der Waals surface area contributed by atoms with Crippen LogP contribution in [0.2, 0.25) is 0 Å². The van der Waals surface area contributed by atoms with Crippen LogP contribution in [-0.2, 0) is 24.3 Å². The highest BCUT2D eigenvalue weighted by Gasteiger charge is 2.21. The number of benzene rings is 2. The first kappa shape index (κ1) is 25.0. The lowest BCUT2D eigenvalue weighted by Crippen LogP contribution is -2.32. The van der Waals surface area contributed by atoms with Gasteiger partial charge in [0.05, 0.1) is 4.90 Å². The van der Waals surface area contributed by atoms with Crippen LogP contribution >= 0.6 is 0 Å². The number of ether oxygens (including phenoxy) is 1. The Hall–Kier alpha value is -3.31. The molecular weight excluding hydrogens is 441 g/mol. The number of carbonyl (C=O) groups excluding carboxylic acids is 3. The van der Waals surface area contributed by atoms with E-state index in [1.807, 2.05) is 0 Å². The zero-order valence-corrected chi connectivity index (χ0v) is 18.4. The van der Waals surface area contributed by atoms with Gasteiger partial charge in [0, 0.05) is 24.3 Å². The Morgan fingerprint density at radius 1 is 1.03 bits per heavy atom. The van der Waals surface area contributed by atoms with Gasteiger partial charge in [-0.05, 0) is 42.5 Å². The third-order valence-corrected chi connectivity index (χ3v) is 6.39. The molecule has 32 heavy (non-hydrogen) atoms. The van der Waals surface area contributed by atoms with E-state index >= 15 is 0 Å². The van der Waals surface area contributed by atoms with Crippen molar-refractivity contribution in [3.05, 3.63) is 59.9 Å². The predicted octanol–water partition coefficient (Wildman–Crippen LogP) is 1.77. The first-order chi connectivity index (χ1) is 15.2. The summed E-state index contributed by atoms with van der Waals surface area (Å²) in [5.74, 6) is -2.66. The minimum Gasteiger partial charge on any atom is -0.454 e. The van der Waals surface area contributed by atoms with Gasteiger partial charge in [-0.15, -0.1) is 0 Å². The summed E-state index contributed by atoms with van der Waals surface area (Å²) in [6.45, 7) is 3.00. The van der Waals surface area contributed by atoms with Gasteiger partial charge in [-0.2, -0.15) is 4.31 Å². The molecule has 2 aromatic carbocycles. The highest BCUT2D eigenvalue weighted by atomic mass is 32.2. The highest BCUT2D eigenvalue weighted by molar-refractivity contribution is 7.89. The number of anilines is 1. The van der Waals surface area contributed by atoms with Crippen molar-refractivity contribution in [3.63, 3.8) is 0 Å². The summed E-state index contributed by atoms with van der Waals surface area (Å²) in [6.07, 6.45) is 0. The fourth-order valence-corrected chi connectivity index (χ4v) is 4.16. The van der Waals surface area contributed by atoms with Gasteiger partial charge in [0.2, 0.25) is 10.0 Å². The maximum atomic E-state index is 13.1. The molecule has 2 rings (SSSR count). The Labute approximate surface area is 185 Å². The smallest absolute Gasteiger partial charge is 0.325 e. The molecule has 0 saturated heterocycles. The second-order valence-corrected chi connectivity index (χ2v) is 8.45. The van der Waals surface area contributed by atoms with Gasteiger partial charge in [-0.25, -0.2) is 12.8 Å². The Morgan fingerprint density at radius 2 is 1.69 bits per heavy atom. The number of rotatable bonds is 10. The van der Waals surface area contributed by atoms with E-state index < -0.39 is 46.8 Å². The number of halogens is 1. The molecule has 0 radical (unpaired) electrons. The van der Waals surface area contributed by atoms with Crippen molar-refractivity contribution < 1.29 is 31.9 Å². The van der Waals surface area contributed by atoms with E-state index in [1.165, 1.54) is 46.8 Å². The van der Waals surface area contributed by atoms with Gasteiger partial charge in [0.25, 0.3) is 11.8 Å². The summed E-state index contributed by atoms with van der Waals surface area (Å²) < 4.78 is 44.1. The van der Waals surface area contributed by atoms with Crippen LogP contribution < -0.4 is 10.6 Å². The topological polar surface area (TPSA) is 122 Å². The van der Waals surface area contributed by atoms with Crippen LogP contribution in [0.15, 0.2) is 53.4 Å². The number of amides is 2. The van der Waals surface area contributed by atoms with Crippen molar-refractivity contribution in [1.82, 2.24) is 9.62 Å². The first-order valence-electron chi connectivity index (χ1n) is 9.76. The van der Waals surface area contributed by atoms with E-state index in [4.69, 9.17) is 4.74 Å². The van der Waals surface area contributed by atoms with Crippen molar-refractivity contribution in [2.24, 2.45) is 0 Å². The van der Waals surface area contributed by atoms with E-state index in [2.05, 4.69) is 10.6 Å². The van der Waals surface area contributed by atoms with Crippen LogP contribution in [0.25, 0.3) is 0 Å². The number of nitrogens with one attached hydrogen (secondary N) is 2. The Morgan fingerprint density at radius 3 is 2.28 bits per heavy atom. The molecule has 0 aliphatic heterocycles. The SMILES string of the molecule is CCN(CC)S(=O)(=O)c1ccc(C(=O)NCC(=O)OCC(=O)Nc2cccc(F)c2)cc1. The maximum absolute atomic E-state index is 13.1. The third kappa shape index (κ3) is 6.86. The zero-order valence-electron chi connectivity index (χ0n) is 17.6. The third-order valence-electron chi connectivity index (χ3n) is 4.33. The van der Waals surface area contributed by atoms with E-state index in [0.29, 0.717) is 13.1 Å². The lowest BCUT2D eigenvalue weighted by Gasteiger charge is -2.18. The van der Waals surface area contributed by atoms with Gasteiger partial charge < -0.3 is 15.4 Å². The van der Waals surface area contributed by atoms with Gasteiger partial charge in [0.15, 0.2) is 6.61 Å². The monoisotopic (exact) mass is 465 g/mol. The molecular formula is C21H24FN3O6S. The summed E-state index contributed by atoms with van der Waals surface area (Å²) in [5, 5.41) is 4.69. The first-order valence-corrected chi connectivity index (χ1v) is 11.2. The fraction of sp³-hybridized carbons (Fsp3) is 0.286. The number of esters is 1. The van der Waals surface area contributed by atoms with E-state index in [0.717, 1.165) is 6.07 Å². The molecule has 0 spiro atoms. The fourth-order valence-electron chi connectivity index (χ4n) is 2.71. The van der Waals surface area contributed by atoms with Gasteiger partial charge in [0.1, 0.15) is 12.4 Å². The Kier molecular flexibility index (Phi) is 8.85. The van der Waals surface area contributed by atoms with Crippen LogP contribution in [-0.4, -0.2) is 56.7 Å². The average molecular weight is 466 g/mol. The van der Waals surface area contributed by atoms with Crippen LogP contribution in [0.3, 0.4) is 0 Å². The van der Waals surface area contributed by atoms with Crippen LogP contribution in [0.5, 0.6) is 0 Å². The quantitative estimate of drug-likeness (QED) is 0.516. The highest BCUT2D eigenvalue weighted by Crippen LogP contribution is 2.16. The van der Waals surface area contributed by atoms with E-state index in [-0.39, 0.29) is 16.1 Å². The van der Waals surface area contributed by atoms with Crippen molar-refractivity contribution in [3.8, 4) is 0 Å². The predicted molar refractivity (Wildman–Crippen MR) is 115 cm³/mol. The standard InChI is InChI=1S/C21H24FN3O6S/c1-3-25(4-2)32(29,30)18-10-8-15(9-11-18)21(28)23-13-20(27)31-14-19(26)24-17-7-5-6-16(22)12-17/h5-12H,3-4,13-14H2,1-2H3,(H,23,28)(H,24,26). The zero-order chi connectivity index (χ0) is 23.7. The molecule has 0 bridgehead atoms. The largest absolute Gasteiger partial charge is 0.454 e. The molecule has 0 unspecified atom stereocenters. The second kappa shape index (κ2) is 11.3. The Bertz CT molecular complexity index is 1070. The van der Waals surface area contributed by atoms with Crippen LogP contribution in [0.1, 0.15) is 24.2 Å². The molecule has 2 aromatic rings. The molecule has 9 nitrogen and oxygen atoms in total. The number of hydrogen-bond donors (Lipinski definition) is 2. The van der Waals surface area contributed by atoms with Gasteiger partial charge >= 0.3 is 5.97 Å². The van der Waals surface area contributed by atoms with Crippen LogP contribution in [0.4, 0.5) is 10.1 Å². The minimum atomic E-state index is -3.64. The molecule has 0 aromatic heterocycles. The number of hydrogen-bond acceptors (Lipinski definition) is 6. The van der Waals surface area contributed by atoms with E-state index in [9.17, 15) is 27.2 Å². The van der Waals surface area contributed by atoms with Gasteiger partial charge in [-0.1, -0.05) is 19.9 Å². The van der Waals surface area contributed by atoms with Crippen molar-refractivity contribution >= 4 is 33.5 Å². The normalized spacial score (nSPS) is 11.1. The summed E-state index contributed by atoms with van der Waals surface area (Å²) >= 11 is 0. The molecule has 0 fully saturated rings. The number of carbonyl (C=O) groups is 3. The molecule has 0 aliphatic carbocycles. The van der Waals surface area contributed by atoms with Crippen molar-refractivity contribution in [1.29, 1.82) is 0 Å². The molecule has 0 aliphatic rings. The van der Waals surface area contributed by atoms with Gasteiger partial charge in [-0.3, -0.25) is 14.4 Å². The number of nitrogens with zero attached hydrogens (tertiary/aromatic N) is 1. The Balaban J connectivity index is 1.83. The second-order valence-electron chi connectivity index (χ2n) is 6.52. The molecule has 11 heteroatoms. The lowest BCUT2D eigenvalue weighted by molar-refractivity contribution is -0.146. The summed E-state index contributed by atoms with van der Waals surface area (Å²) in [7, 11) is -3.64. The number of sulfonamides is 1. The van der Waals surface area contributed by atoms with E-state index in [1.54, 1.807) is 13.8 Å². The summed E-state index contributed by atoms with van der Waals surface area (Å²) in [4.78, 5) is 35.7. The molecule has 0 saturated carbocycles. The summed E-state index contributed by atoms with van der Waals surface area (Å²) in [5.41, 5.74) is 0.367. The molecule has 172 valence electrons.